The third-order valence-corrected chi connectivity index (χ3v) is 7.95. The van der Waals surface area contributed by atoms with Crippen LogP contribution in [0.2, 0.25) is 0 Å². The van der Waals surface area contributed by atoms with Crippen molar-refractivity contribution in [3.63, 3.8) is 0 Å². The van der Waals surface area contributed by atoms with Gasteiger partial charge in [0.25, 0.3) is 5.91 Å². The highest BCUT2D eigenvalue weighted by Crippen LogP contribution is 2.47. The summed E-state index contributed by atoms with van der Waals surface area (Å²) in [7, 11) is 0. The Bertz CT molecular complexity index is 1520. The van der Waals surface area contributed by atoms with Gasteiger partial charge in [-0.3, -0.25) is 19.2 Å². The number of benzene rings is 2. The highest BCUT2D eigenvalue weighted by Gasteiger charge is 2.52. The number of aromatic nitrogens is 3. The minimum Gasteiger partial charge on any atom is -0.396 e. The number of fused-ring (bicyclic) bond motifs is 1. The molecular weight excluding hydrogens is 554 g/mol. The summed E-state index contributed by atoms with van der Waals surface area (Å²) >= 11 is 0. The summed E-state index contributed by atoms with van der Waals surface area (Å²) in [5, 5.41) is 29.5. The summed E-state index contributed by atoms with van der Waals surface area (Å²) in [6.07, 6.45) is 13.5. The second kappa shape index (κ2) is 14.9. The van der Waals surface area contributed by atoms with Crippen molar-refractivity contribution in [3.8, 4) is 0 Å². The molecule has 9 heteroatoms. The first-order valence-electron chi connectivity index (χ1n) is 15.1. The number of carbonyl (C=O) groups is 2. The van der Waals surface area contributed by atoms with E-state index >= 15 is 0 Å². The molecule has 9 nitrogen and oxygen atoms in total. The lowest BCUT2D eigenvalue weighted by molar-refractivity contribution is -0.139. The van der Waals surface area contributed by atoms with Crippen LogP contribution in [0.4, 0.5) is 17.1 Å². The number of nitrogens with zero attached hydrogens (tertiary/aromatic N) is 5. The van der Waals surface area contributed by atoms with Gasteiger partial charge in [-0.2, -0.15) is 0 Å². The van der Waals surface area contributed by atoms with E-state index in [4.69, 9.17) is 5.11 Å². The van der Waals surface area contributed by atoms with Crippen LogP contribution in [0.15, 0.2) is 90.2 Å². The highest BCUT2D eigenvalue weighted by molar-refractivity contribution is 6.08. The Morgan fingerprint density at radius 1 is 1.07 bits per heavy atom. The molecule has 232 valence electrons. The van der Waals surface area contributed by atoms with Gasteiger partial charge in [-0.05, 0) is 70.4 Å². The zero-order chi connectivity index (χ0) is 31.7. The summed E-state index contributed by atoms with van der Waals surface area (Å²) in [6, 6.07) is 14.6. The zero-order valence-electron chi connectivity index (χ0n) is 26.1. The first-order valence-corrected chi connectivity index (χ1v) is 15.1. The number of rotatable bonds is 15. The standard InChI is InChI=1S/C35H43N5O4/c1-26(2)11-10-12-27(3)18-21-39-33-17-16-31(40(25-42)30-14-6-5-7-15-30)23-32(33)35(44,34(39)43)28(4)13-8-9-20-38-24-29(19-22-41)36-37-38/h5-8,11,13-18,23-25,28,41,44H,9-10,12,19-22H2,1-4H3/b13-8+,27-18+/t28-,35+/m1/s1. The van der Waals surface area contributed by atoms with Crippen molar-refractivity contribution in [2.24, 2.45) is 5.92 Å². The SMILES string of the molecule is CC(C)=CCC/C(C)=C/CN1C(=O)[C@](O)([C@H](C)/C=C/CCn2cc(CCO)nn2)c2cc(N(C=O)c3ccccc3)ccc21. The van der Waals surface area contributed by atoms with Gasteiger partial charge >= 0.3 is 0 Å². The molecule has 0 fully saturated rings. The van der Waals surface area contributed by atoms with Crippen molar-refractivity contribution in [2.45, 2.75) is 65.5 Å². The van der Waals surface area contributed by atoms with E-state index in [0.29, 0.717) is 48.6 Å². The summed E-state index contributed by atoms with van der Waals surface area (Å²) in [6.45, 7) is 8.98. The maximum atomic E-state index is 14.1. The van der Waals surface area contributed by atoms with Gasteiger partial charge in [0, 0.05) is 55.2 Å². The van der Waals surface area contributed by atoms with Gasteiger partial charge in [0.15, 0.2) is 5.60 Å². The van der Waals surface area contributed by atoms with Crippen LogP contribution >= 0.6 is 0 Å². The van der Waals surface area contributed by atoms with Gasteiger partial charge in [0.05, 0.1) is 11.4 Å². The van der Waals surface area contributed by atoms with Gasteiger partial charge in [0.1, 0.15) is 0 Å². The second-order valence-electron chi connectivity index (χ2n) is 11.5. The Morgan fingerprint density at radius 2 is 1.84 bits per heavy atom. The molecule has 2 aromatic carbocycles. The Hall–Kier alpha value is -4.34. The summed E-state index contributed by atoms with van der Waals surface area (Å²) < 4.78 is 1.71. The van der Waals surface area contributed by atoms with Crippen LogP contribution in [-0.4, -0.2) is 50.7 Å². The minimum atomic E-state index is -1.82. The molecule has 0 spiro atoms. The lowest BCUT2D eigenvalue weighted by Crippen LogP contribution is -2.44. The van der Waals surface area contributed by atoms with E-state index in [2.05, 4.69) is 37.2 Å². The Morgan fingerprint density at radius 3 is 2.55 bits per heavy atom. The van der Waals surface area contributed by atoms with E-state index < -0.39 is 17.4 Å². The third kappa shape index (κ3) is 7.41. The van der Waals surface area contributed by atoms with E-state index in [1.54, 1.807) is 27.9 Å². The van der Waals surface area contributed by atoms with Crippen molar-refractivity contribution >= 4 is 29.4 Å². The molecule has 44 heavy (non-hydrogen) atoms. The van der Waals surface area contributed by atoms with Crippen LogP contribution in [0.3, 0.4) is 0 Å². The molecule has 4 rings (SSSR count). The van der Waals surface area contributed by atoms with Gasteiger partial charge < -0.3 is 15.1 Å². The molecule has 0 unspecified atom stereocenters. The van der Waals surface area contributed by atoms with Crippen molar-refractivity contribution in [2.75, 3.05) is 23.0 Å². The quantitative estimate of drug-likeness (QED) is 0.174. The van der Waals surface area contributed by atoms with Crippen LogP contribution in [0.25, 0.3) is 0 Å². The number of aliphatic hydroxyl groups is 2. The van der Waals surface area contributed by atoms with E-state index in [9.17, 15) is 14.7 Å². The molecule has 0 radical (unpaired) electrons. The average Bonchev–Trinajstić information content (AvgIpc) is 3.55. The molecule has 0 aliphatic carbocycles. The van der Waals surface area contributed by atoms with Gasteiger partial charge in [-0.1, -0.05) is 65.8 Å². The highest BCUT2D eigenvalue weighted by atomic mass is 16.3. The first-order chi connectivity index (χ1) is 21.2. The smallest absolute Gasteiger partial charge is 0.264 e. The number of amides is 2. The fraction of sp³-hybridized carbons (Fsp3) is 0.371. The minimum absolute atomic E-state index is 0.0180. The normalized spacial score (nSPS) is 17.2. The summed E-state index contributed by atoms with van der Waals surface area (Å²) in [5.41, 5.74) is 3.70. The Labute approximate surface area is 259 Å². The molecular formula is C35H43N5O4. The summed E-state index contributed by atoms with van der Waals surface area (Å²) in [5.74, 6) is -0.948. The van der Waals surface area contributed by atoms with Crippen LogP contribution < -0.4 is 9.80 Å². The number of hydrogen-bond acceptors (Lipinski definition) is 6. The Kier molecular flexibility index (Phi) is 11.0. The van der Waals surface area contributed by atoms with Crippen LogP contribution in [0, 0.1) is 5.92 Å². The van der Waals surface area contributed by atoms with E-state index in [1.807, 2.05) is 61.5 Å². The maximum Gasteiger partial charge on any atom is 0.264 e. The van der Waals surface area contributed by atoms with E-state index in [0.717, 1.165) is 24.9 Å². The van der Waals surface area contributed by atoms with E-state index in [-0.39, 0.29) is 6.61 Å². The molecule has 1 aliphatic heterocycles. The topological polar surface area (TPSA) is 112 Å². The molecule has 2 heterocycles. The van der Waals surface area contributed by atoms with Crippen molar-refractivity contribution in [1.82, 2.24) is 15.0 Å². The van der Waals surface area contributed by atoms with E-state index in [1.165, 1.54) is 16.0 Å². The van der Waals surface area contributed by atoms with Crippen LogP contribution in [-0.2, 0) is 28.2 Å². The monoisotopic (exact) mass is 597 g/mol. The number of anilines is 3. The molecule has 2 N–H and O–H groups in total. The summed E-state index contributed by atoms with van der Waals surface area (Å²) in [4.78, 5) is 29.4. The predicted molar refractivity (Wildman–Crippen MR) is 173 cm³/mol. The lowest BCUT2D eigenvalue weighted by atomic mass is 9.82. The van der Waals surface area contributed by atoms with Crippen LogP contribution in [0.5, 0.6) is 0 Å². The van der Waals surface area contributed by atoms with Crippen molar-refractivity contribution in [3.05, 3.63) is 101 Å². The molecule has 2 atom stereocenters. The lowest BCUT2D eigenvalue weighted by Gasteiger charge is -2.28. The average molecular weight is 598 g/mol. The number of hydrogen-bond donors (Lipinski definition) is 2. The molecule has 1 aromatic heterocycles. The molecule has 0 saturated heterocycles. The van der Waals surface area contributed by atoms with Crippen molar-refractivity contribution < 1.29 is 19.8 Å². The number of aliphatic hydroxyl groups excluding tert-OH is 1. The molecule has 1 aliphatic rings. The fourth-order valence-corrected chi connectivity index (χ4v) is 5.39. The fourth-order valence-electron chi connectivity index (χ4n) is 5.39. The predicted octanol–water partition coefficient (Wildman–Crippen LogP) is 5.62. The van der Waals surface area contributed by atoms with Gasteiger partial charge in [-0.25, -0.2) is 0 Å². The molecule has 0 saturated carbocycles. The van der Waals surface area contributed by atoms with Gasteiger partial charge in [0.2, 0.25) is 6.41 Å². The van der Waals surface area contributed by atoms with Gasteiger partial charge in [-0.15, -0.1) is 5.10 Å². The first kappa shape index (κ1) is 32.6. The third-order valence-electron chi connectivity index (χ3n) is 7.95. The molecule has 3 aromatic rings. The largest absolute Gasteiger partial charge is 0.396 e. The Balaban J connectivity index is 1.62. The molecule has 2 amide bonds. The zero-order valence-corrected chi connectivity index (χ0v) is 26.1. The number of aryl methyl sites for hydroxylation is 1. The maximum absolute atomic E-state index is 14.1. The van der Waals surface area contributed by atoms with Crippen LogP contribution in [0.1, 0.15) is 58.2 Å². The number of carbonyl (C=O) groups excluding carboxylic acids is 2. The second-order valence-corrected chi connectivity index (χ2v) is 11.5. The number of allylic oxidation sites excluding steroid dienone is 4. The molecule has 0 bridgehead atoms. The number of para-hydroxylation sites is 1. The van der Waals surface area contributed by atoms with Crippen molar-refractivity contribution in [1.29, 1.82) is 0 Å².